The van der Waals surface area contributed by atoms with Gasteiger partial charge in [-0.3, -0.25) is 29.8 Å². The van der Waals surface area contributed by atoms with E-state index in [1.54, 1.807) is 0 Å². The number of amides is 6. The molecule has 0 heterocycles. The third-order valence-corrected chi connectivity index (χ3v) is 10.2. The van der Waals surface area contributed by atoms with Gasteiger partial charge in [0.2, 0.25) is 0 Å². The van der Waals surface area contributed by atoms with E-state index >= 15 is 0 Å². The zero-order valence-corrected chi connectivity index (χ0v) is 48.9. The van der Waals surface area contributed by atoms with Crippen LogP contribution in [0.15, 0.2) is 0 Å². The zero-order valence-electron chi connectivity index (χ0n) is 48.9. The Labute approximate surface area is 451 Å². The predicted molar refractivity (Wildman–Crippen MR) is 296 cm³/mol. The summed E-state index contributed by atoms with van der Waals surface area (Å²) in [4.78, 5) is 80.0. The number of aliphatic hydroxyl groups is 9. The van der Waals surface area contributed by atoms with E-state index in [4.69, 9.17) is 9.47 Å². The van der Waals surface area contributed by atoms with Gasteiger partial charge in [-0.15, -0.1) is 0 Å². The van der Waals surface area contributed by atoms with E-state index in [1.807, 2.05) is 83.1 Å². The third-order valence-electron chi connectivity index (χ3n) is 10.2. The van der Waals surface area contributed by atoms with Crippen molar-refractivity contribution in [1.82, 2.24) is 21.3 Å². The highest BCUT2D eigenvalue weighted by Crippen LogP contribution is 2.34. The lowest BCUT2D eigenvalue weighted by Crippen LogP contribution is -2.38. The smallest absolute Gasteiger partial charge is 0.411 e. The van der Waals surface area contributed by atoms with Crippen LogP contribution >= 0.6 is 0 Å². The van der Waals surface area contributed by atoms with E-state index in [0.29, 0.717) is 0 Å². The maximum absolute atomic E-state index is 13.4. The van der Waals surface area contributed by atoms with Crippen molar-refractivity contribution in [2.24, 2.45) is 5.41 Å². The summed E-state index contributed by atoms with van der Waals surface area (Å²) >= 11 is 0. The van der Waals surface area contributed by atoms with Crippen molar-refractivity contribution in [3.63, 3.8) is 0 Å². The van der Waals surface area contributed by atoms with E-state index in [0.717, 1.165) is 0 Å². The molecule has 76 heavy (non-hydrogen) atoms. The molecule has 0 bridgehead atoms. The van der Waals surface area contributed by atoms with Gasteiger partial charge in [0.25, 0.3) is 23.6 Å². The lowest BCUT2D eigenvalue weighted by molar-refractivity contribution is 0.00789. The lowest BCUT2D eigenvalue weighted by atomic mass is 9.90. The quantitative estimate of drug-likeness (QED) is 0.0752. The maximum atomic E-state index is 13.4. The molecule has 0 aliphatic carbocycles. The van der Waals surface area contributed by atoms with Gasteiger partial charge in [-0.25, -0.2) is 9.59 Å². The van der Waals surface area contributed by atoms with Crippen LogP contribution in [0.25, 0.3) is 0 Å². The molecule has 23 heteroatoms. The summed E-state index contributed by atoms with van der Waals surface area (Å²) in [5.74, 6) is -3.07. The Morgan fingerprint density at radius 1 is 0.395 bits per heavy atom. The van der Waals surface area contributed by atoms with Crippen molar-refractivity contribution < 1.29 is 84.2 Å². The fourth-order valence-electron chi connectivity index (χ4n) is 6.52. The molecule has 2 rings (SSSR count). The number of carbonyl (C=O) groups is 6. The molecular formula is C53H98N6O17. The first kappa shape index (κ1) is 79.4. The monoisotopic (exact) mass is 1090 g/mol. The number of aliphatic hydroxyl groups excluding tert-OH is 9. The van der Waals surface area contributed by atoms with E-state index in [1.165, 1.54) is 48.5 Å². The summed E-state index contributed by atoms with van der Waals surface area (Å²) in [5.41, 5.74) is -0.768. The van der Waals surface area contributed by atoms with Crippen LogP contribution < -0.4 is 31.9 Å². The molecule has 0 aromatic heterocycles. The Bertz CT molecular complexity index is 1780. The van der Waals surface area contributed by atoms with Gasteiger partial charge in [0, 0.05) is 48.4 Å². The molecule has 442 valence electrons. The molecule has 2 aromatic rings. The SMILES string of the molecule is CC.CC.CC.CC.CC.CC.Cc1c(NC(=O)OCC(C)(CO)COC(=O)Nc2c(C)c(C(=O)NCC(O)CO)c(C)c(C(=O)NCC(O)CO)c2C)c(C)c(C(=O)NCC(O)CO)c(C)c1C(=O)NCC(O)CO. The summed E-state index contributed by atoms with van der Waals surface area (Å²) in [6.45, 7) is 28.4. The van der Waals surface area contributed by atoms with Crippen molar-refractivity contribution in [2.45, 2.75) is 156 Å². The molecule has 23 nitrogen and oxygen atoms in total. The van der Waals surface area contributed by atoms with E-state index in [2.05, 4.69) is 31.9 Å². The van der Waals surface area contributed by atoms with Gasteiger partial charge >= 0.3 is 12.2 Å². The summed E-state index contributed by atoms with van der Waals surface area (Å²) in [6, 6.07) is 0. The van der Waals surface area contributed by atoms with Crippen molar-refractivity contribution in [2.75, 3.05) is 83.1 Å². The number of anilines is 2. The van der Waals surface area contributed by atoms with E-state index in [9.17, 15) is 74.7 Å². The fourth-order valence-corrected chi connectivity index (χ4v) is 6.52. The minimum absolute atomic E-state index is 0.0308. The molecule has 15 N–H and O–H groups in total. The topological polar surface area (TPSA) is 375 Å². The van der Waals surface area contributed by atoms with Gasteiger partial charge in [0.1, 0.15) is 13.2 Å². The van der Waals surface area contributed by atoms with Crippen LogP contribution in [-0.4, -0.2) is 179 Å². The van der Waals surface area contributed by atoms with Gasteiger partial charge in [-0.05, 0) is 74.9 Å². The maximum Gasteiger partial charge on any atom is 0.411 e. The van der Waals surface area contributed by atoms with Crippen LogP contribution in [-0.2, 0) is 9.47 Å². The fraction of sp³-hybridized carbons (Fsp3) is 0.660. The second-order valence-electron chi connectivity index (χ2n) is 15.6. The highest BCUT2D eigenvalue weighted by molar-refractivity contribution is 6.08. The van der Waals surface area contributed by atoms with Crippen molar-refractivity contribution in [1.29, 1.82) is 0 Å². The molecule has 0 aliphatic heterocycles. The van der Waals surface area contributed by atoms with E-state index in [-0.39, 0.29) is 93.2 Å². The van der Waals surface area contributed by atoms with Crippen LogP contribution in [0.1, 0.15) is 165 Å². The Balaban J connectivity index is -0.00000130. The van der Waals surface area contributed by atoms with Crippen LogP contribution in [0.5, 0.6) is 0 Å². The summed E-state index contributed by atoms with van der Waals surface area (Å²) in [5, 5.41) is 101. The average Bonchev–Trinajstić information content (AvgIpc) is 3.44. The van der Waals surface area contributed by atoms with Gasteiger partial charge in [0.15, 0.2) is 0 Å². The van der Waals surface area contributed by atoms with E-state index < -0.39 is 112 Å². The van der Waals surface area contributed by atoms with Crippen LogP contribution in [0.3, 0.4) is 0 Å². The van der Waals surface area contributed by atoms with Crippen molar-refractivity contribution in [3.05, 3.63) is 55.6 Å². The Morgan fingerprint density at radius 2 is 0.592 bits per heavy atom. The van der Waals surface area contributed by atoms with Crippen molar-refractivity contribution in [3.8, 4) is 0 Å². The molecule has 0 fully saturated rings. The number of rotatable bonds is 23. The van der Waals surface area contributed by atoms with Gasteiger partial charge in [-0.1, -0.05) is 90.0 Å². The molecule has 0 spiro atoms. The standard InChI is InChI=1S/C41H62N6O17.6C2H6/c1-19-29(35(57)42-8-25(53)12-48)21(3)33(22(4)30(19)36(58)43-9-26(54)13-49)46-39(61)63-17-41(7,16-52)18-64-40(62)47-34-23(5)31(37(59)44-10-27(55)14-50)20(2)32(24(34)6)38(60)45-11-28(56)15-51;6*1-2/h25-28,48-56H,8-18H2,1-7H3,(H,42,57)(H,43,58)(H,44,59)(H,45,60)(H,46,61)(H,47,62);6*1-2H3. The van der Waals surface area contributed by atoms with Gasteiger partial charge in [0.05, 0.1) is 74.2 Å². The largest absolute Gasteiger partial charge is 0.448 e. The van der Waals surface area contributed by atoms with Crippen LogP contribution in [0.2, 0.25) is 0 Å². The Hall–Kier alpha value is -5.50. The molecule has 2 aromatic carbocycles. The van der Waals surface area contributed by atoms with Crippen LogP contribution in [0.4, 0.5) is 21.0 Å². The third kappa shape index (κ3) is 26.0. The number of hydrogen-bond donors (Lipinski definition) is 15. The Kier molecular flexibility index (Phi) is 46.6. The number of carbonyl (C=O) groups excluding carboxylic acids is 6. The second kappa shape index (κ2) is 44.6. The minimum atomic E-state index is -1.45. The first-order valence-corrected chi connectivity index (χ1v) is 26.1. The summed E-state index contributed by atoms with van der Waals surface area (Å²) < 4.78 is 10.8. The average molecular weight is 1090 g/mol. The molecule has 4 atom stereocenters. The summed E-state index contributed by atoms with van der Waals surface area (Å²) in [7, 11) is 0. The molecule has 4 unspecified atom stereocenters. The molecule has 0 saturated heterocycles. The normalized spacial score (nSPS) is 12.2. The predicted octanol–water partition coefficient (Wildman–Crippen LogP) is 3.82. The first-order valence-electron chi connectivity index (χ1n) is 26.1. The zero-order chi connectivity index (χ0) is 60.6. The Morgan fingerprint density at radius 3 is 0.763 bits per heavy atom. The molecular weight excluding hydrogens is 993 g/mol. The number of ether oxygens (including phenoxy) is 2. The van der Waals surface area contributed by atoms with Gasteiger partial charge < -0.3 is 76.7 Å². The lowest BCUT2D eigenvalue weighted by Gasteiger charge is -2.27. The van der Waals surface area contributed by atoms with Gasteiger partial charge in [-0.2, -0.15) is 0 Å². The summed E-state index contributed by atoms with van der Waals surface area (Å²) in [6.07, 6.45) is -7.43. The number of hydrogen-bond acceptors (Lipinski definition) is 17. The molecule has 0 radical (unpaired) electrons. The second-order valence-corrected chi connectivity index (χ2v) is 15.6. The first-order chi connectivity index (χ1) is 36.0. The number of benzene rings is 2. The molecule has 0 aliphatic rings. The molecule has 0 saturated carbocycles. The van der Waals surface area contributed by atoms with Crippen molar-refractivity contribution >= 4 is 47.2 Å². The highest BCUT2D eigenvalue weighted by atomic mass is 16.6. The number of nitrogens with one attached hydrogen (secondary N) is 6. The minimum Gasteiger partial charge on any atom is -0.448 e. The van der Waals surface area contributed by atoms with Crippen LogP contribution in [0, 0.1) is 47.0 Å². The highest BCUT2D eigenvalue weighted by Gasteiger charge is 2.32. The molecule has 6 amide bonds.